The lowest BCUT2D eigenvalue weighted by Crippen LogP contribution is -2.45. The minimum atomic E-state index is -4.42. The topological polar surface area (TPSA) is 106 Å². The molecule has 0 aromatic heterocycles. The molecule has 1 aromatic carbocycles. The van der Waals surface area contributed by atoms with Crippen LogP contribution >= 0.6 is 0 Å². The molecule has 1 N–H and O–H groups in total. The number of nitrogens with zero attached hydrogens (tertiary/aromatic N) is 1. The monoisotopic (exact) mass is 316 g/mol. The summed E-state index contributed by atoms with van der Waals surface area (Å²) < 4.78 is 39.1. The minimum Gasteiger partial charge on any atom is -0.273 e. The standard InChI is InChI=1S/C12H13FN2O5S/c1-12(5-2-6-12)11(16)14-21(19,20)10-4-3-8(13)7-9(10)15(17)18/h3-4,7H,2,5-6H2,1H3,(H,14,16). The van der Waals surface area contributed by atoms with Crippen LogP contribution in [0.1, 0.15) is 26.2 Å². The maximum atomic E-state index is 13.0. The van der Waals surface area contributed by atoms with Crippen molar-refractivity contribution < 1.29 is 22.5 Å². The fourth-order valence-corrected chi connectivity index (χ4v) is 3.35. The number of amides is 1. The Labute approximate surface area is 120 Å². The number of halogens is 1. The highest BCUT2D eigenvalue weighted by atomic mass is 32.2. The first kappa shape index (κ1) is 15.4. The van der Waals surface area contributed by atoms with E-state index in [4.69, 9.17) is 0 Å². The molecule has 114 valence electrons. The van der Waals surface area contributed by atoms with Crippen molar-refractivity contribution in [3.05, 3.63) is 34.1 Å². The van der Waals surface area contributed by atoms with Crippen molar-refractivity contribution in [1.29, 1.82) is 0 Å². The van der Waals surface area contributed by atoms with Crippen molar-refractivity contribution in [3.63, 3.8) is 0 Å². The lowest BCUT2D eigenvalue weighted by Gasteiger charge is -2.36. The predicted molar refractivity (Wildman–Crippen MR) is 70.3 cm³/mol. The highest BCUT2D eigenvalue weighted by molar-refractivity contribution is 7.90. The molecule has 1 saturated carbocycles. The molecule has 0 heterocycles. The molecule has 0 radical (unpaired) electrons. The van der Waals surface area contributed by atoms with Crippen molar-refractivity contribution in [2.45, 2.75) is 31.1 Å². The molecule has 21 heavy (non-hydrogen) atoms. The number of sulfonamides is 1. The van der Waals surface area contributed by atoms with Gasteiger partial charge in [-0.2, -0.15) is 0 Å². The number of carbonyl (C=O) groups excluding carboxylic acids is 1. The fraction of sp³-hybridized carbons (Fsp3) is 0.417. The van der Waals surface area contributed by atoms with Gasteiger partial charge in [-0.15, -0.1) is 0 Å². The van der Waals surface area contributed by atoms with Gasteiger partial charge in [0.05, 0.1) is 11.0 Å². The number of hydrogen-bond donors (Lipinski definition) is 1. The lowest BCUT2D eigenvalue weighted by molar-refractivity contribution is -0.388. The van der Waals surface area contributed by atoms with Gasteiger partial charge in [-0.1, -0.05) is 13.3 Å². The largest absolute Gasteiger partial charge is 0.292 e. The molecule has 0 bridgehead atoms. The Morgan fingerprint density at radius 1 is 1.43 bits per heavy atom. The van der Waals surface area contributed by atoms with E-state index in [0.29, 0.717) is 18.9 Å². The molecule has 0 aliphatic heterocycles. The van der Waals surface area contributed by atoms with Crippen LogP contribution in [0.2, 0.25) is 0 Å². The molecule has 0 atom stereocenters. The molecule has 1 fully saturated rings. The number of hydrogen-bond acceptors (Lipinski definition) is 5. The maximum Gasteiger partial charge on any atom is 0.292 e. The minimum absolute atomic E-state index is 0.504. The summed E-state index contributed by atoms with van der Waals surface area (Å²) in [5.41, 5.74) is -1.68. The number of rotatable bonds is 4. The molecule has 1 aromatic rings. The second-order valence-electron chi connectivity index (χ2n) is 5.22. The maximum absolute atomic E-state index is 13.0. The van der Waals surface area contributed by atoms with Gasteiger partial charge >= 0.3 is 0 Å². The van der Waals surface area contributed by atoms with Crippen molar-refractivity contribution in [2.24, 2.45) is 5.41 Å². The van der Waals surface area contributed by atoms with Gasteiger partial charge in [-0.25, -0.2) is 17.5 Å². The summed E-state index contributed by atoms with van der Waals surface area (Å²) in [6, 6.07) is 2.06. The summed E-state index contributed by atoms with van der Waals surface area (Å²) in [6.07, 6.45) is 1.93. The second kappa shape index (κ2) is 5.06. The summed E-state index contributed by atoms with van der Waals surface area (Å²) in [5.74, 6) is -1.63. The van der Waals surface area contributed by atoms with Crippen LogP contribution in [-0.4, -0.2) is 19.2 Å². The van der Waals surface area contributed by atoms with Gasteiger partial charge in [0.25, 0.3) is 15.7 Å². The Morgan fingerprint density at radius 3 is 2.52 bits per heavy atom. The van der Waals surface area contributed by atoms with E-state index in [2.05, 4.69) is 0 Å². The van der Waals surface area contributed by atoms with Crippen LogP contribution < -0.4 is 4.72 Å². The van der Waals surface area contributed by atoms with Gasteiger partial charge in [-0.05, 0) is 25.0 Å². The quantitative estimate of drug-likeness (QED) is 0.672. The van der Waals surface area contributed by atoms with E-state index >= 15 is 0 Å². The van der Waals surface area contributed by atoms with Gasteiger partial charge in [0.15, 0.2) is 4.90 Å². The smallest absolute Gasteiger partial charge is 0.273 e. The molecule has 1 aliphatic rings. The Bertz CT molecular complexity index is 712. The average Bonchev–Trinajstić information content (AvgIpc) is 2.34. The molecule has 0 unspecified atom stereocenters. The number of nitrogens with one attached hydrogen (secondary N) is 1. The van der Waals surface area contributed by atoms with Crippen LogP contribution in [0.5, 0.6) is 0 Å². The van der Waals surface area contributed by atoms with E-state index < -0.39 is 42.7 Å². The van der Waals surface area contributed by atoms with Gasteiger partial charge in [0.1, 0.15) is 5.82 Å². The number of carbonyl (C=O) groups is 1. The molecular weight excluding hydrogens is 303 g/mol. The van der Waals surface area contributed by atoms with Crippen LogP contribution in [0.15, 0.2) is 23.1 Å². The van der Waals surface area contributed by atoms with Crippen molar-refractivity contribution >= 4 is 21.6 Å². The van der Waals surface area contributed by atoms with E-state index in [-0.39, 0.29) is 0 Å². The van der Waals surface area contributed by atoms with Crippen LogP contribution in [0.3, 0.4) is 0 Å². The SMILES string of the molecule is CC1(C(=O)NS(=O)(=O)c2ccc(F)cc2[N+](=O)[O-])CCC1. The Balaban J connectivity index is 2.36. The normalized spacial score (nSPS) is 16.9. The van der Waals surface area contributed by atoms with Gasteiger partial charge in [0, 0.05) is 5.41 Å². The number of nitro benzene ring substituents is 1. The Morgan fingerprint density at radius 2 is 2.05 bits per heavy atom. The molecule has 1 aliphatic carbocycles. The summed E-state index contributed by atoms with van der Waals surface area (Å²) in [7, 11) is -4.42. The summed E-state index contributed by atoms with van der Waals surface area (Å²) in [6.45, 7) is 1.63. The second-order valence-corrected chi connectivity index (χ2v) is 6.87. The first-order valence-corrected chi connectivity index (χ1v) is 7.65. The van der Waals surface area contributed by atoms with Crippen LogP contribution in [0.25, 0.3) is 0 Å². The average molecular weight is 316 g/mol. The zero-order chi connectivity index (χ0) is 15.8. The molecule has 0 spiro atoms. The molecule has 2 rings (SSSR count). The highest BCUT2D eigenvalue weighted by Crippen LogP contribution is 2.40. The first-order valence-electron chi connectivity index (χ1n) is 6.17. The Hall–Kier alpha value is -2.03. The van der Waals surface area contributed by atoms with Crippen molar-refractivity contribution in [3.8, 4) is 0 Å². The van der Waals surface area contributed by atoms with Crippen LogP contribution in [0, 0.1) is 21.3 Å². The zero-order valence-corrected chi connectivity index (χ0v) is 11.9. The molecule has 0 saturated heterocycles. The van der Waals surface area contributed by atoms with E-state index in [0.717, 1.165) is 18.6 Å². The van der Waals surface area contributed by atoms with E-state index in [1.165, 1.54) is 0 Å². The molecular formula is C12H13FN2O5S. The zero-order valence-electron chi connectivity index (χ0n) is 11.1. The van der Waals surface area contributed by atoms with Crippen LogP contribution in [-0.2, 0) is 14.8 Å². The van der Waals surface area contributed by atoms with Gasteiger partial charge in [-0.3, -0.25) is 14.9 Å². The van der Waals surface area contributed by atoms with E-state index in [1.807, 2.05) is 4.72 Å². The summed E-state index contributed by atoms with van der Waals surface area (Å²) in [5, 5.41) is 10.8. The third-order valence-electron chi connectivity index (χ3n) is 3.64. The summed E-state index contributed by atoms with van der Waals surface area (Å²) >= 11 is 0. The predicted octanol–water partition coefficient (Wildman–Crippen LogP) is 1.73. The number of nitro groups is 1. The van der Waals surface area contributed by atoms with Gasteiger partial charge < -0.3 is 0 Å². The van der Waals surface area contributed by atoms with E-state index in [9.17, 15) is 27.7 Å². The highest BCUT2D eigenvalue weighted by Gasteiger charge is 2.41. The summed E-state index contributed by atoms with van der Waals surface area (Å²) in [4.78, 5) is 21.0. The first-order chi connectivity index (χ1) is 9.66. The molecule has 1 amide bonds. The lowest BCUT2D eigenvalue weighted by atomic mass is 9.70. The van der Waals surface area contributed by atoms with Crippen molar-refractivity contribution in [1.82, 2.24) is 4.72 Å². The third kappa shape index (κ3) is 2.87. The molecule has 9 heteroatoms. The third-order valence-corrected chi connectivity index (χ3v) is 5.02. The van der Waals surface area contributed by atoms with Crippen LogP contribution in [0.4, 0.5) is 10.1 Å². The van der Waals surface area contributed by atoms with E-state index in [1.54, 1.807) is 6.92 Å². The Kier molecular flexibility index (Phi) is 3.70. The van der Waals surface area contributed by atoms with Gasteiger partial charge in [0.2, 0.25) is 5.91 Å². The fourth-order valence-electron chi connectivity index (χ4n) is 2.09. The number of benzene rings is 1. The van der Waals surface area contributed by atoms with Crippen molar-refractivity contribution in [2.75, 3.05) is 0 Å². The molecule has 7 nitrogen and oxygen atoms in total.